The molecule has 0 amide bonds. The number of hydrogen-bond acceptors (Lipinski definition) is 4. The smallest absolute Gasteiger partial charge is 0.287 e. The first-order valence-electron chi connectivity index (χ1n) is 4.93. The van der Waals surface area contributed by atoms with E-state index >= 15 is 0 Å². The molecule has 2 N–H and O–H groups in total. The number of nitrogens with two attached hydrogens (primary N) is 1. The lowest BCUT2D eigenvalue weighted by atomic mass is 9.94. The maximum Gasteiger partial charge on any atom is 0.287 e. The highest BCUT2D eigenvalue weighted by Crippen LogP contribution is 2.49. The molecule has 80 valence electrons. The maximum absolute atomic E-state index is 10.5. The molecule has 1 aromatic heterocycles. The highest BCUT2D eigenvalue weighted by atomic mass is 16.6. The lowest BCUT2D eigenvalue weighted by molar-refractivity contribution is -0.385. The van der Waals surface area contributed by atoms with E-state index in [1.165, 1.54) is 12.3 Å². The predicted molar refractivity (Wildman–Crippen MR) is 55.5 cm³/mol. The summed E-state index contributed by atoms with van der Waals surface area (Å²) in [5, 5.41) is 10.5. The Balaban J connectivity index is 2.28. The van der Waals surface area contributed by atoms with Gasteiger partial charge in [0.15, 0.2) is 0 Å². The van der Waals surface area contributed by atoms with Crippen molar-refractivity contribution >= 4 is 5.69 Å². The molecule has 5 heteroatoms. The van der Waals surface area contributed by atoms with Gasteiger partial charge in [0.2, 0.25) is 0 Å². The van der Waals surface area contributed by atoms with Crippen LogP contribution >= 0.6 is 0 Å². The van der Waals surface area contributed by atoms with E-state index in [9.17, 15) is 10.1 Å². The number of nitro groups is 1. The molecule has 1 aromatic rings. The molecular formula is C10H13N3O2. The van der Waals surface area contributed by atoms with Crippen molar-refractivity contribution in [2.75, 3.05) is 0 Å². The highest BCUT2D eigenvalue weighted by molar-refractivity contribution is 5.34. The zero-order chi connectivity index (χ0) is 11.1. The van der Waals surface area contributed by atoms with Gasteiger partial charge in [0, 0.05) is 23.2 Å². The maximum atomic E-state index is 10.5. The summed E-state index contributed by atoms with van der Waals surface area (Å²) >= 11 is 0. The van der Waals surface area contributed by atoms with Gasteiger partial charge in [0.05, 0.1) is 4.92 Å². The van der Waals surface area contributed by atoms with Crippen molar-refractivity contribution in [3.05, 3.63) is 34.1 Å². The van der Waals surface area contributed by atoms with Crippen LogP contribution in [0.5, 0.6) is 0 Å². The molecule has 0 aliphatic heterocycles. The summed E-state index contributed by atoms with van der Waals surface area (Å²) < 4.78 is 0. The molecular weight excluding hydrogens is 194 g/mol. The van der Waals surface area contributed by atoms with Gasteiger partial charge >= 0.3 is 0 Å². The number of nitrogens with zero attached hydrogens (tertiary/aromatic N) is 2. The molecule has 1 aliphatic carbocycles. The van der Waals surface area contributed by atoms with Crippen LogP contribution in [0.25, 0.3) is 0 Å². The van der Waals surface area contributed by atoms with Gasteiger partial charge < -0.3 is 5.73 Å². The molecule has 1 heterocycles. The van der Waals surface area contributed by atoms with Crippen molar-refractivity contribution in [2.24, 2.45) is 5.73 Å². The second-order valence-electron chi connectivity index (χ2n) is 4.10. The average Bonchev–Trinajstić information content (AvgIpc) is 2.98. The third-order valence-electron chi connectivity index (χ3n) is 3.13. The molecule has 1 atom stereocenters. The van der Waals surface area contributed by atoms with E-state index in [1.54, 1.807) is 6.07 Å². The first-order valence-corrected chi connectivity index (χ1v) is 4.93. The molecule has 0 radical (unpaired) electrons. The fraction of sp³-hybridized carbons (Fsp3) is 0.500. The van der Waals surface area contributed by atoms with Gasteiger partial charge in [0.1, 0.15) is 6.20 Å². The standard InChI is InChI=1S/C10H13N3O2/c1-7(11)10(4-5-10)9-3-2-8(6-12-9)13(14)15/h2-3,6-7H,4-5,11H2,1H3. The molecule has 0 aromatic carbocycles. The van der Waals surface area contributed by atoms with Crippen LogP contribution in [-0.2, 0) is 5.41 Å². The van der Waals surface area contributed by atoms with Gasteiger partial charge in [-0.1, -0.05) is 0 Å². The van der Waals surface area contributed by atoms with Crippen LogP contribution < -0.4 is 5.73 Å². The van der Waals surface area contributed by atoms with Crippen molar-refractivity contribution in [1.29, 1.82) is 0 Å². The third-order valence-corrected chi connectivity index (χ3v) is 3.13. The van der Waals surface area contributed by atoms with E-state index in [0.717, 1.165) is 18.5 Å². The molecule has 1 fully saturated rings. The van der Waals surface area contributed by atoms with Gasteiger partial charge in [0.25, 0.3) is 5.69 Å². The molecule has 1 aliphatic rings. The lowest BCUT2D eigenvalue weighted by Crippen LogP contribution is -2.32. The van der Waals surface area contributed by atoms with E-state index in [4.69, 9.17) is 5.73 Å². The van der Waals surface area contributed by atoms with Gasteiger partial charge in [-0.05, 0) is 25.8 Å². The van der Waals surface area contributed by atoms with E-state index in [1.807, 2.05) is 6.92 Å². The third kappa shape index (κ3) is 1.59. The molecule has 0 spiro atoms. The summed E-state index contributed by atoms with van der Waals surface area (Å²) in [5.74, 6) is 0. The van der Waals surface area contributed by atoms with Gasteiger partial charge in [-0.25, -0.2) is 0 Å². The minimum atomic E-state index is -0.442. The molecule has 1 unspecified atom stereocenters. The lowest BCUT2D eigenvalue weighted by Gasteiger charge is -2.18. The Bertz CT molecular complexity index is 382. The Labute approximate surface area is 87.5 Å². The zero-order valence-corrected chi connectivity index (χ0v) is 8.51. The van der Waals surface area contributed by atoms with Crippen molar-refractivity contribution < 1.29 is 4.92 Å². The average molecular weight is 207 g/mol. The highest BCUT2D eigenvalue weighted by Gasteiger charge is 2.48. The number of hydrogen-bond donors (Lipinski definition) is 1. The van der Waals surface area contributed by atoms with Crippen LogP contribution in [0.1, 0.15) is 25.5 Å². The van der Waals surface area contributed by atoms with Gasteiger partial charge in [-0.3, -0.25) is 15.1 Å². The van der Waals surface area contributed by atoms with Crippen LogP contribution in [-0.4, -0.2) is 15.9 Å². The van der Waals surface area contributed by atoms with Crippen LogP contribution in [0.15, 0.2) is 18.3 Å². The Morgan fingerprint density at radius 2 is 2.27 bits per heavy atom. The van der Waals surface area contributed by atoms with Crippen molar-refractivity contribution in [2.45, 2.75) is 31.2 Å². The summed E-state index contributed by atoms with van der Waals surface area (Å²) in [5.41, 5.74) is 6.76. The van der Waals surface area contributed by atoms with Gasteiger partial charge in [-0.2, -0.15) is 0 Å². The second-order valence-corrected chi connectivity index (χ2v) is 4.10. The summed E-state index contributed by atoms with van der Waals surface area (Å²) in [7, 11) is 0. The molecule has 0 bridgehead atoms. The molecule has 5 nitrogen and oxygen atoms in total. The zero-order valence-electron chi connectivity index (χ0n) is 8.51. The van der Waals surface area contributed by atoms with E-state index in [-0.39, 0.29) is 17.1 Å². The van der Waals surface area contributed by atoms with E-state index < -0.39 is 4.92 Å². The molecule has 1 saturated carbocycles. The minimum Gasteiger partial charge on any atom is -0.327 e. The Morgan fingerprint density at radius 1 is 1.60 bits per heavy atom. The first-order chi connectivity index (χ1) is 7.06. The summed E-state index contributed by atoms with van der Waals surface area (Å²) in [4.78, 5) is 14.1. The van der Waals surface area contributed by atoms with E-state index in [2.05, 4.69) is 4.98 Å². The fourth-order valence-corrected chi connectivity index (χ4v) is 1.87. The van der Waals surface area contributed by atoms with Crippen LogP contribution in [0.3, 0.4) is 0 Å². The molecule has 0 saturated heterocycles. The minimum absolute atomic E-state index is 0.0271. The second kappa shape index (κ2) is 3.27. The Morgan fingerprint density at radius 3 is 2.60 bits per heavy atom. The molecule has 2 rings (SSSR count). The quantitative estimate of drug-likeness (QED) is 0.599. The Kier molecular flexibility index (Phi) is 2.19. The van der Waals surface area contributed by atoms with Crippen LogP contribution in [0.2, 0.25) is 0 Å². The first kappa shape index (κ1) is 10.0. The largest absolute Gasteiger partial charge is 0.327 e. The monoisotopic (exact) mass is 207 g/mol. The van der Waals surface area contributed by atoms with Crippen LogP contribution in [0.4, 0.5) is 5.69 Å². The topological polar surface area (TPSA) is 82.0 Å². The normalized spacial score (nSPS) is 19.6. The molecule has 15 heavy (non-hydrogen) atoms. The number of aromatic nitrogens is 1. The Hall–Kier alpha value is -1.49. The number of pyridine rings is 1. The van der Waals surface area contributed by atoms with Gasteiger partial charge in [-0.15, -0.1) is 0 Å². The SMILES string of the molecule is CC(N)C1(c2ccc([N+](=O)[O-])cn2)CC1. The van der Waals surface area contributed by atoms with Crippen LogP contribution in [0, 0.1) is 10.1 Å². The van der Waals surface area contributed by atoms with Crippen molar-refractivity contribution in [1.82, 2.24) is 4.98 Å². The number of rotatable bonds is 3. The summed E-state index contributed by atoms with van der Waals surface area (Å²) in [6.07, 6.45) is 3.35. The summed E-state index contributed by atoms with van der Waals surface area (Å²) in [6, 6.07) is 3.26. The summed E-state index contributed by atoms with van der Waals surface area (Å²) in [6.45, 7) is 1.95. The fourth-order valence-electron chi connectivity index (χ4n) is 1.87. The van der Waals surface area contributed by atoms with Crippen molar-refractivity contribution in [3.63, 3.8) is 0 Å². The van der Waals surface area contributed by atoms with E-state index in [0.29, 0.717) is 0 Å². The van der Waals surface area contributed by atoms with Crippen molar-refractivity contribution in [3.8, 4) is 0 Å². The predicted octanol–water partition coefficient (Wildman–Crippen LogP) is 1.37.